The Labute approximate surface area is 94.6 Å². The van der Waals surface area contributed by atoms with E-state index in [1.807, 2.05) is 0 Å². The van der Waals surface area contributed by atoms with Crippen LogP contribution in [0.1, 0.15) is 32.1 Å². The second-order valence-corrected chi connectivity index (χ2v) is 4.70. The molecule has 2 fully saturated rings. The van der Waals surface area contributed by atoms with Crippen molar-refractivity contribution in [3.63, 3.8) is 0 Å². The molecule has 0 aromatic carbocycles. The summed E-state index contributed by atoms with van der Waals surface area (Å²) in [5.41, 5.74) is 0. The molecule has 16 heavy (non-hydrogen) atoms. The maximum atomic E-state index is 11.8. The van der Waals surface area contributed by atoms with Crippen molar-refractivity contribution in [2.45, 2.75) is 44.2 Å². The molecule has 0 aromatic heterocycles. The van der Waals surface area contributed by atoms with E-state index in [1.165, 1.54) is 0 Å². The van der Waals surface area contributed by atoms with E-state index in [2.05, 4.69) is 10.6 Å². The average molecular weight is 226 g/mol. The molecule has 1 aliphatic carbocycles. The van der Waals surface area contributed by atoms with Crippen molar-refractivity contribution in [1.29, 1.82) is 0 Å². The molecule has 1 aliphatic heterocycles. The van der Waals surface area contributed by atoms with Gasteiger partial charge in [-0.1, -0.05) is 0 Å². The predicted molar refractivity (Wildman–Crippen MR) is 57.9 cm³/mol. The molecule has 0 spiro atoms. The number of carboxylic acid groups (broad SMARTS) is 1. The van der Waals surface area contributed by atoms with E-state index < -0.39 is 5.97 Å². The van der Waals surface area contributed by atoms with Crippen molar-refractivity contribution in [2.75, 3.05) is 6.54 Å². The molecule has 1 saturated carbocycles. The summed E-state index contributed by atoms with van der Waals surface area (Å²) in [5.74, 6) is -0.492. The van der Waals surface area contributed by atoms with E-state index in [-0.39, 0.29) is 24.4 Å². The van der Waals surface area contributed by atoms with E-state index in [1.54, 1.807) is 0 Å². The minimum Gasteiger partial charge on any atom is -0.481 e. The first-order valence-electron chi connectivity index (χ1n) is 5.92. The summed E-state index contributed by atoms with van der Waals surface area (Å²) in [4.78, 5) is 22.5. The second kappa shape index (κ2) is 4.82. The summed E-state index contributed by atoms with van der Waals surface area (Å²) in [6, 6.07) is -0.289. The predicted octanol–water partition coefficient (Wildman–Crippen LogP) is 0.108. The quantitative estimate of drug-likeness (QED) is 0.621. The van der Waals surface area contributed by atoms with Crippen LogP contribution in [0.2, 0.25) is 0 Å². The number of hydrogen-bond donors (Lipinski definition) is 3. The summed E-state index contributed by atoms with van der Waals surface area (Å²) < 4.78 is 0. The van der Waals surface area contributed by atoms with Crippen LogP contribution in [0.4, 0.5) is 0 Å². The molecule has 90 valence electrons. The Kier molecular flexibility index (Phi) is 3.43. The molecule has 0 radical (unpaired) electrons. The highest BCUT2D eigenvalue weighted by atomic mass is 16.4. The second-order valence-electron chi connectivity index (χ2n) is 4.70. The topological polar surface area (TPSA) is 78.4 Å². The third-order valence-corrected chi connectivity index (χ3v) is 3.29. The summed E-state index contributed by atoms with van der Waals surface area (Å²) >= 11 is 0. The lowest BCUT2D eigenvalue weighted by molar-refractivity contribution is -0.138. The Morgan fingerprint density at radius 3 is 2.62 bits per heavy atom. The van der Waals surface area contributed by atoms with Crippen LogP contribution in [0.5, 0.6) is 0 Å². The van der Waals surface area contributed by atoms with Gasteiger partial charge < -0.3 is 15.7 Å². The molecule has 0 aromatic rings. The van der Waals surface area contributed by atoms with E-state index in [0.29, 0.717) is 5.92 Å². The number of carbonyl (C=O) groups is 2. The fourth-order valence-corrected chi connectivity index (χ4v) is 2.21. The van der Waals surface area contributed by atoms with Gasteiger partial charge in [0, 0.05) is 6.04 Å². The summed E-state index contributed by atoms with van der Waals surface area (Å²) in [6.07, 6.45) is 4.00. The molecule has 2 unspecified atom stereocenters. The zero-order valence-corrected chi connectivity index (χ0v) is 9.24. The third-order valence-electron chi connectivity index (χ3n) is 3.29. The van der Waals surface area contributed by atoms with Gasteiger partial charge in [0.2, 0.25) is 5.91 Å². The van der Waals surface area contributed by atoms with Crippen molar-refractivity contribution < 1.29 is 14.7 Å². The minimum atomic E-state index is -0.836. The summed E-state index contributed by atoms with van der Waals surface area (Å²) in [6.45, 7) is 0.880. The fraction of sp³-hybridized carbons (Fsp3) is 0.818. The van der Waals surface area contributed by atoms with Gasteiger partial charge in [0.05, 0.1) is 12.5 Å². The number of aliphatic carboxylic acids is 1. The molecular weight excluding hydrogens is 208 g/mol. The molecule has 3 N–H and O–H groups in total. The Balaban J connectivity index is 1.84. The maximum absolute atomic E-state index is 11.8. The van der Waals surface area contributed by atoms with Crippen LogP contribution in [-0.4, -0.2) is 35.6 Å². The lowest BCUT2D eigenvalue weighted by atomic mass is 10.1. The number of rotatable bonds is 5. The molecule has 1 saturated heterocycles. The molecular formula is C11H18N2O3. The fourth-order valence-electron chi connectivity index (χ4n) is 2.21. The number of carbonyl (C=O) groups excluding carboxylic acids is 1. The normalized spacial score (nSPS) is 26.4. The molecule has 5 heteroatoms. The first-order valence-corrected chi connectivity index (χ1v) is 5.92. The lowest BCUT2D eigenvalue weighted by Gasteiger charge is -2.19. The monoisotopic (exact) mass is 226 g/mol. The maximum Gasteiger partial charge on any atom is 0.305 e. The molecule has 1 amide bonds. The largest absolute Gasteiger partial charge is 0.481 e. The van der Waals surface area contributed by atoms with Crippen LogP contribution < -0.4 is 10.6 Å². The van der Waals surface area contributed by atoms with E-state index in [4.69, 9.17) is 5.11 Å². The molecule has 1 heterocycles. The highest BCUT2D eigenvalue weighted by Crippen LogP contribution is 2.34. The summed E-state index contributed by atoms with van der Waals surface area (Å²) in [7, 11) is 0. The van der Waals surface area contributed by atoms with Crippen LogP contribution >= 0.6 is 0 Å². The third kappa shape index (κ3) is 2.95. The van der Waals surface area contributed by atoms with Crippen LogP contribution in [-0.2, 0) is 9.59 Å². The van der Waals surface area contributed by atoms with Crippen LogP contribution in [0, 0.1) is 5.92 Å². The van der Waals surface area contributed by atoms with Crippen molar-refractivity contribution in [1.82, 2.24) is 10.6 Å². The SMILES string of the molecule is O=C(O)CC(NC(=O)C1CCCN1)C1CC1. The van der Waals surface area contributed by atoms with Gasteiger partial charge in [0.1, 0.15) is 0 Å². The van der Waals surface area contributed by atoms with E-state index in [9.17, 15) is 9.59 Å². The van der Waals surface area contributed by atoms with Crippen molar-refractivity contribution in [3.05, 3.63) is 0 Å². The Hall–Kier alpha value is -1.10. The summed E-state index contributed by atoms with van der Waals surface area (Å²) in [5, 5.41) is 14.8. The van der Waals surface area contributed by atoms with Gasteiger partial charge in [0.15, 0.2) is 0 Å². The molecule has 0 bridgehead atoms. The molecule has 5 nitrogen and oxygen atoms in total. The van der Waals surface area contributed by atoms with Gasteiger partial charge in [0.25, 0.3) is 0 Å². The Morgan fingerprint density at radius 2 is 2.12 bits per heavy atom. The van der Waals surface area contributed by atoms with Crippen molar-refractivity contribution in [2.24, 2.45) is 5.92 Å². The van der Waals surface area contributed by atoms with E-state index >= 15 is 0 Å². The molecule has 2 rings (SSSR count). The van der Waals surface area contributed by atoms with Crippen molar-refractivity contribution in [3.8, 4) is 0 Å². The zero-order valence-electron chi connectivity index (χ0n) is 9.24. The van der Waals surface area contributed by atoms with Crippen LogP contribution in [0.3, 0.4) is 0 Å². The Morgan fingerprint density at radius 1 is 1.38 bits per heavy atom. The van der Waals surface area contributed by atoms with Gasteiger partial charge in [-0.25, -0.2) is 0 Å². The zero-order chi connectivity index (χ0) is 11.5. The highest BCUT2D eigenvalue weighted by molar-refractivity contribution is 5.83. The first-order chi connectivity index (χ1) is 7.66. The minimum absolute atomic E-state index is 0.0318. The Bertz CT molecular complexity index is 283. The number of amides is 1. The molecule has 2 aliphatic rings. The smallest absolute Gasteiger partial charge is 0.305 e. The standard InChI is InChI=1S/C11H18N2O3/c14-10(15)6-9(7-3-4-7)13-11(16)8-2-1-5-12-8/h7-9,12H,1-6H2,(H,13,16)(H,14,15). The van der Waals surface area contributed by atoms with E-state index in [0.717, 1.165) is 32.2 Å². The number of hydrogen-bond acceptors (Lipinski definition) is 3. The first kappa shape index (κ1) is 11.4. The van der Waals surface area contributed by atoms with Gasteiger partial charge in [-0.3, -0.25) is 9.59 Å². The van der Waals surface area contributed by atoms with Gasteiger partial charge in [-0.05, 0) is 38.1 Å². The molecule has 2 atom stereocenters. The van der Waals surface area contributed by atoms with Crippen molar-refractivity contribution >= 4 is 11.9 Å². The van der Waals surface area contributed by atoms with Gasteiger partial charge in [-0.15, -0.1) is 0 Å². The van der Waals surface area contributed by atoms with Crippen LogP contribution in [0.25, 0.3) is 0 Å². The highest BCUT2D eigenvalue weighted by Gasteiger charge is 2.35. The average Bonchev–Trinajstić information content (AvgIpc) is 2.91. The number of nitrogens with one attached hydrogen (secondary N) is 2. The number of carboxylic acids is 1. The lowest BCUT2D eigenvalue weighted by Crippen LogP contribution is -2.46. The van der Waals surface area contributed by atoms with Crippen LogP contribution in [0.15, 0.2) is 0 Å². The van der Waals surface area contributed by atoms with Gasteiger partial charge >= 0.3 is 5.97 Å². The van der Waals surface area contributed by atoms with Gasteiger partial charge in [-0.2, -0.15) is 0 Å².